The molecule has 2 rings (SSSR count). The van der Waals surface area contributed by atoms with Gasteiger partial charge in [-0.05, 0) is 38.3 Å². The quantitative estimate of drug-likeness (QED) is 0.886. The number of hydrogen-bond acceptors (Lipinski definition) is 3. The van der Waals surface area contributed by atoms with Crippen molar-refractivity contribution >= 4 is 10.0 Å². The van der Waals surface area contributed by atoms with E-state index in [1.165, 1.54) is 0 Å². The van der Waals surface area contributed by atoms with Gasteiger partial charge < -0.3 is 5.11 Å². The second-order valence-electron chi connectivity index (χ2n) is 5.52. The minimum absolute atomic E-state index is 0.142. The van der Waals surface area contributed by atoms with Gasteiger partial charge in [0.05, 0.1) is 17.0 Å². The van der Waals surface area contributed by atoms with Crippen LogP contribution in [0.25, 0.3) is 0 Å². The Morgan fingerprint density at radius 1 is 1.26 bits per heavy atom. The number of aliphatic hydroxyl groups is 1. The van der Waals surface area contributed by atoms with Crippen molar-refractivity contribution in [2.75, 3.05) is 6.61 Å². The maximum atomic E-state index is 12.5. The number of rotatable bonds is 4. The van der Waals surface area contributed by atoms with Crippen LogP contribution >= 0.6 is 0 Å². The minimum Gasteiger partial charge on any atom is -0.394 e. The molecule has 0 aromatic heterocycles. The molecule has 19 heavy (non-hydrogen) atoms. The first-order chi connectivity index (χ1) is 8.88. The molecule has 2 N–H and O–H groups in total. The predicted octanol–water partition coefficient (Wildman–Crippen LogP) is 1.89. The first kappa shape index (κ1) is 14.5. The van der Waals surface area contributed by atoms with Crippen LogP contribution in [0.3, 0.4) is 0 Å². The first-order valence-corrected chi connectivity index (χ1v) is 8.09. The third-order valence-electron chi connectivity index (χ3n) is 3.83. The molecule has 0 atom stereocenters. The van der Waals surface area contributed by atoms with Gasteiger partial charge in [0.15, 0.2) is 0 Å². The molecule has 1 saturated carbocycles. The molecule has 106 valence electrons. The molecule has 0 aliphatic heterocycles. The molecule has 1 aliphatic rings. The Labute approximate surface area is 114 Å². The smallest absolute Gasteiger partial charge is 0.241 e. The maximum Gasteiger partial charge on any atom is 0.241 e. The van der Waals surface area contributed by atoms with Crippen molar-refractivity contribution in [2.45, 2.75) is 50.0 Å². The number of sulfonamides is 1. The first-order valence-electron chi connectivity index (χ1n) is 6.61. The van der Waals surface area contributed by atoms with E-state index in [0.717, 1.165) is 24.0 Å². The molecule has 0 radical (unpaired) electrons. The lowest BCUT2D eigenvalue weighted by atomic mass is 10.0. The lowest BCUT2D eigenvalue weighted by Gasteiger charge is -2.27. The highest BCUT2D eigenvalue weighted by molar-refractivity contribution is 7.89. The van der Waals surface area contributed by atoms with Crippen LogP contribution in [0.1, 0.15) is 36.8 Å². The zero-order valence-electron chi connectivity index (χ0n) is 11.4. The lowest BCUT2D eigenvalue weighted by molar-refractivity contribution is 0.185. The number of hydrogen-bond donors (Lipinski definition) is 2. The Morgan fingerprint density at radius 3 is 2.42 bits per heavy atom. The third kappa shape index (κ3) is 2.99. The number of aryl methyl sites for hydroxylation is 2. The standard InChI is InChI=1S/C14H21NO3S/c1-11-5-6-13(12(2)9-11)19(17,18)15-14(10-16)7-3-4-8-14/h5-6,9,15-16H,3-4,7-8,10H2,1-2H3. The Bertz CT molecular complexity index is 560. The minimum atomic E-state index is -3.57. The second-order valence-corrected chi connectivity index (χ2v) is 7.17. The Hall–Kier alpha value is -0.910. The molecule has 4 nitrogen and oxygen atoms in total. The molecular weight excluding hydrogens is 262 g/mol. The molecule has 0 bridgehead atoms. The fourth-order valence-electron chi connectivity index (χ4n) is 2.79. The maximum absolute atomic E-state index is 12.5. The van der Waals surface area contributed by atoms with Gasteiger partial charge in [0.25, 0.3) is 0 Å². The van der Waals surface area contributed by atoms with Crippen LogP contribution in [0.2, 0.25) is 0 Å². The predicted molar refractivity (Wildman–Crippen MR) is 74.5 cm³/mol. The van der Waals surface area contributed by atoms with Crippen LogP contribution in [0.4, 0.5) is 0 Å². The highest BCUT2D eigenvalue weighted by Gasteiger charge is 2.37. The molecule has 1 fully saturated rings. The molecule has 1 aromatic carbocycles. The van der Waals surface area contributed by atoms with E-state index in [9.17, 15) is 13.5 Å². The van der Waals surface area contributed by atoms with Crippen molar-refractivity contribution in [3.8, 4) is 0 Å². The monoisotopic (exact) mass is 283 g/mol. The van der Waals surface area contributed by atoms with Gasteiger partial charge in [-0.1, -0.05) is 30.5 Å². The number of benzene rings is 1. The van der Waals surface area contributed by atoms with Crippen molar-refractivity contribution in [1.82, 2.24) is 4.72 Å². The summed E-state index contributed by atoms with van der Waals surface area (Å²) in [4.78, 5) is 0.304. The van der Waals surface area contributed by atoms with Gasteiger partial charge in [0.2, 0.25) is 10.0 Å². The van der Waals surface area contributed by atoms with Crippen LogP contribution in [0, 0.1) is 13.8 Å². The fraction of sp³-hybridized carbons (Fsp3) is 0.571. The second kappa shape index (κ2) is 5.23. The van der Waals surface area contributed by atoms with E-state index in [1.807, 2.05) is 13.0 Å². The molecule has 1 aliphatic carbocycles. The highest BCUT2D eigenvalue weighted by atomic mass is 32.2. The topological polar surface area (TPSA) is 66.4 Å². The van der Waals surface area contributed by atoms with Crippen LogP contribution in [-0.4, -0.2) is 25.7 Å². The molecule has 0 spiro atoms. The summed E-state index contributed by atoms with van der Waals surface area (Å²) < 4.78 is 27.6. The third-order valence-corrected chi connectivity index (χ3v) is 5.57. The van der Waals surface area contributed by atoms with Crippen LogP contribution < -0.4 is 4.72 Å². The molecule has 0 heterocycles. The van der Waals surface area contributed by atoms with E-state index in [1.54, 1.807) is 19.1 Å². The van der Waals surface area contributed by atoms with Gasteiger partial charge in [0.1, 0.15) is 0 Å². The van der Waals surface area contributed by atoms with Crippen molar-refractivity contribution < 1.29 is 13.5 Å². The van der Waals surface area contributed by atoms with E-state index in [4.69, 9.17) is 0 Å². The van der Waals surface area contributed by atoms with Gasteiger partial charge >= 0.3 is 0 Å². The van der Waals surface area contributed by atoms with Crippen molar-refractivity contribution in [3.05, 3.63) is 29.3 Å². The number of nitrogens with one attached hydrogen (secondary N) is 1. The van der Waals surface area contributed by atoms with E-state index in [0.29, 0.717) is 17.7 Å². The van der Waals surface area contributed by atoms with Crippen molar-refractivity contribution in [1.29, 1.82) is 0 Å². The summed E-state index contributed by atoms with van der Waals surface area (Å²) in [5, 5.41) is 9.51. The average molecular weight is 283 g/mol. The zero-order chi connectivity index (χ0) is 14.1. The van der Waals surface area contributed by atoms with E-state index in [-0.39, 0.29) is 6.61 Å². The van der Waals surface area contributed by atoms with Gasteiger partial charge in [-0.25, -0.2) is 13.1 Å². The average Bonchev–Trinajstić information content (AvgIpc) is 2.77. The van der Waals surface area contributed by atoms with Crippen LogP contribution in [0.5, 0.6) is 0 Å². The zero-order valence-corrected chi connectivity index (χ0v) is 12.3. The Morgan fingerprint density at radius 2 is 1.89 bits per heavy atom. The van der Waals surface area contributed by atoms with E-state index >= 15 is 0 Å². The summed E-state index contributed by atoms with van der Waals surface area (Å²) in [5.74, 6) is 0. The van der Waals surface area contributed by atoms with Crippen molar-refractivity contribution in [3.63, 3.8) is 0 Å². The van der Waals surface area contributed by atoms with Crippen LogP contribution in [0.15, 0.2) is 23.1 Å². The summed E-state index contributed by atoms with van der Waals surface area (Å²) in [6.45, 7) is 3.59. The van der Waals surface area contributed by atoms with E-state index < -0.39 is 15.6 Å². The van der Waals surface area contributed by atoms with E-state index in [2.05, 4.69) is 4.72 Å². The molecule has 0 unspecified atom stereocenters. The molecular formula is C14H21NO3S. The summed E-state index contributed by atoms with van der Waals surface area (Å²) >= 11 is 0. The highest BCUT2D eigenvalue weighted by Crippen LogP contribution is 2.31. The molecule has 0 amide bonds. The molecule has 0 saturated heterocycles. The van der Waals surface area contributed by atoms with Gasteiger partial charge in [-0.3, -0.25) is 0 Å². The SMILES string of the molecule is Cc1ccc(S(=O)(=O)NC2(CO)CCCC2)c(C)c1. The summed E-state index contributed by atoms with van der Waals surface area (Å²) in [6, 6.07) is 5.28. The van der Waals surface area contributed by atoms with Crippen molar-refractivity contribution in [2.24, 2.45) is 0 Å². The summed E-state index contributed by atoms with van der Waals surface area (Å²) in [6.07, 6.45) is 3.31. The van der Waals surface area contributed by atoms with Gasteiger partial charge in [-0.15, -0.1) is 0 Å². The largest absolute Gasteiger partial charge is 0.394 e. The molecule has 1 aromatic rings. The Kier molecular flexibility index (Phi) is 3.99. The normalized spacial score (nSPS) is 18.7. The fourth-order valence-corrected chi connectivity index (χ4v) is 4.46. The van der Waals surface area contributed by atoms with Gasteiger partial charge in [-0.2, -0.15) is 0 Å². The van der Waals surface area contributed by atoms with Crippen LogP contribution in [-0.2, 0) is 10.0 Å². The lowest BCUT2D eigenvalue weighted by Crippen LogP contribution is -2.49. The number of aliphatic hydroxyl groups excluding tert-OH is 1. The summed E-state index contributed by atoms with van der Waals surface area (Å²) in [5.41, 5.74) is 1.10. The summed E-state index contributed by atoms with van der Waals surface area (Å²) in [7, 11) is -3.57. The Balaban J connectivity index is 2.32. The van der Waals surface area contributed by atoms with Gasteiger partial charge in [0, 0.05) is 0 Å². The molecule has 5 heteroatoms.